The number of carbonyl (C=O) groups is 2. The number of halogens is 2. The van der Waals surface area contributed by atoms with E-state index in [1.165, 1.54) is 11.1 Å². The highest BCUT2D eigenvalue weighted by Gasteiger charge is 2.30. The van der Waals surface area contributed by atoms with Crippen LogP contribution in [0.4, 0.5) is 8.78 Å². The number of alkyl halides is 2. The minimum Gasteiger partial charge on any atom is -0.456 e. The van der Waals surface area contributed by atoms with Crippen LogP contribution in [-0.2, 0) is 19.1 Å². The first-order valence-electron chi connectivity index (χ1n) is 6.03. The van der Waals surface area contributed by atoms with Crippen LogP contribution in [0.3, 0.4) is 0 Å². The van der Waals surface area contributed by atoms with Gasteiger partial charge < -0.3 is 14.4 Å². The van der Waals surface area contributed by atoms with Crippen LogP contribution in [0.15, 0.2) is 11.8 Å². The van der Waals surface area contributed by atoms with Gasteiger partial charge in [-0.2, -0.15) is 8.78 Å². The Morgan fingerprint density at radius 3 is 2.05 bits per heavy atom. The molecule has 0 aromatic rings. The van der Waals surface area contributed by atoms with Crippen molar-refractivity contribution >= 4 is 11.8 Å². The first-order valence-corrected chi connectivity index (χ1v) is 6.03. The molecule has 7 heteroatoms. The molecule has 0 radical (unpaired) electrons. The average molecular weight is 293 g/mol. The molecule has 0 saturated carbocycles. The van der Waals surface area contributed by atoms with Crippen LogP contribution in [0.25, 0.3) is 0 Å². The molecule has 116 valence electrons. The molecule has 0 aromatic heterocycles. The van der Waals surface area contributed by atoms with Gasteiger partial charge in [0, 0.05) is 20.3 Å². The molecule has 1 unspecified atom stereocenters. The zero-order chi connectivity index (χ0) is 16.1. The molecular weight excluding hydrogens is 272 g/mol. The molecule has 0 N–H and O–H groups in total. The fourth-order valence-corrected chi connectivity index (χ4v) is 1.24. The van der Waals surface area contributed by atoms with E-state index in [0.717, 1.165) is 6.92 Å². The number of rotatable bonds is 6. The minimum atomic E-state index is -3.09. The molecular formula is C13H21F2NO4. The molecule has 0 saturated heterocycles. The lowest BCUT2D eigenvalue weighted by Crippen LogP contribution is -2.33. The van der Waals surface area contributed by atoms with Gasteiger partial charge >= 0.3 is 12.6 Å². The summed E-state index contributed by atoms with van der Waals surface area (Å²) in [5, 5.41) is 0. The maximum atomic E-state index is 12.1. The van der Waals surface area contributed by atoms with Crippen molar-refractivity contribution in [1.82, 2.24) is 4.90 Å². The van der Waals surface area contributed by atoms with E-state index in [1.54, 1.807) is 34.9 Å². The van der Waals surface area contributed by atoms with Gasteiger partial charge in [-0.15, -0.1) is 0 Å². The van der Waals surface area contributed by atoms with Crippen molar-refractivity contribution in [3.05, 3.63) is 11.8 Å². The van der Waals surface area contributed by atoms with Gasteiger partial charge in [0.15, 0.2) is 5.78 Å². The summed E-state index contributed by atoms with van der Waals surface area (Å²) in [4.78, 5) is 25.4. The lowest BCUT2D eigenvalue weighted by molar-refractivity contribution is -0.170. The van der Waals surface area contributed by atoms with Crippen LogP contribution in [0, 0.1) is 0 Å². The second kappa shape index (κ2) is 7.33. The molecule has 0 fully saturated rings. The Morgan fingerprint density at radius 2 is 1.70 bits per heavy atom. The van der Waals surface area contributed by atoms with Crippen LogP contribution < -0.4 is 0 Å². The third kappa shape index (κ3) is 7.18. The molecule has 0 amide bonds. The summed E-state index contributed by atoms with van der Waals surface area (Å²) in [6.45, 7) is 2.99. The van der Waals surface area contributed by atoms with E-state index in [2.05, 4.69) is 4.74 Å². The summed E-state index contributed by atoms with van der Waals surface area (Å²) >= 11 is 0. The normalized spacial score (nSPS) is 14.2. The van der Waals surface area contributed by atoms with Crippen LogP contribution in [0.2, 0.25) is 0 Å². The van der Waals surface area contributed by atoms with Gasteiger partial charge in [0.1, 0.15) is 17.3 Å². The van der Waals surface area contributed by atoms with E-state index in [-0.39, 0.29) is 5.57 Å². The van der Waals surface area contributed by atoms with Crippen LogP contribution in [-0.4, -0.2) is 49.1 Å². The number of hydrogen-bond donors (Lipinski definition) is 0. The molecule has 0 bridgehead atoms. The Balaban J connectivity index is 5.18. The van der Waals surface area contributed by atoms with Crippen molar-refractivity contribution in [3.63, 3.8) is 0 Å². The zero-order valence-electron chi connectivity index (χ0n) is 12.6. The number of carbonyl (C=O) groups excluding carboxylic acids is 2. The summed E-state index contributed by atoms with van der Waals surface area (Å²) in [6.07, 6.45) is -0.212. The number of hydrogen-bond acceptors (Lipinski definition) is 5. The Kier molecular flexibility index (Phi) is 6.78. The van der Waals surface area contributed by atoms with E-state index in [1.807, 2.05) is 0 Å². The topological polar surface area (TPSA) is 55.8 Å². The van der Waals surface area contributed by atoms with Gasteiger partial charge in [-0.3, -0.25) is 4.79 Å². The fourth-order valence-electron chi connectivity index (χ4n) is 1.24. The van der Waals surface area contributed by atoms with Crippen molar-refractivity contribution < 1.29 is 27.8 Å². The Morgan fingerprint density at radius 1 is 1.20 bits per heavy atom. The predicted octanol–water partition coefficient (Wildman–Crippen LogP) is 1.97. The fraction of sp³-hybridized carbons (Fsp3) is 0.692. The quantitative estimate of drug-likeness (QED) is 0.324. The average Bonchev–Trinajstić information content (AvgIpc) is 2.21. The summed E-state index contributed by atoms with van der Waals surface area (Å²) in [6, 6.07) is 0. The number of esters is 1. The second-order valence-corrected chi connectivity index (χ2v) is 5.41. The van der Waals surface area contributed by atoms with Crippen LogP contribution in [0.1, 0.15) is 27.7 Å². The standard InChI is InChI=1S/C13H21F2NO4/c1-8(19-12(14)15)10(17)9(7-16(5)6)11(18)20-13(2,3)4/h7-8,12H,1-6H3/b9-7-. The van der Waals surface area contributed by atoms with E-state index in [4.69, 9.17) is 4.74 Å². The van der Waals surface area contributed by atoms with E-state index < -0.39 is 30.1 Å². The van der Waals surface area contributed by atoms with Gasteiger partial charge in [0.2, 0.25) is 0 Å². The highest BCUT2D eigenvalue weighted by Crippen LogP contribution is 2.15. The van der Waals surface area contributed by atoms with Gasteiger partial charge in [0.05, 0.1) is 0 Å². The monoisotopic (exact) mass is 293 g/mol. The number of nitrogens with zero attached hydrogens (tertiary/aromatic N) is 1. The van der Waals surface area contributed by atoms with Crippen molar-refractivity contribution in [2.75, 3.05) is 14.1 Å². The van der Waals surface area contributed by atoms with Gasteiger partial charge in [-0.1, -0.05) is 0 Å². The highest BCUT2D eigenvalue weighted by molar-refractivity contribution is 6.18. The third-order valence-electron chi connectivity index (χ3n) is 1.95. The number of ketones is 1. The maximum Gasteiger partial charge on any atom is 0.345 e. The van der Waals surface area contributed by atoms with E-state index >= 15 is 0 Å². The Hall–Kier alpha value is -1.50. The van der Waals surface area contributed by atoms with E-state index in [9.17, 15) is 18.4 Å². The van der Waals surface area contributed by atoms with Crippen LogP contribution >= 0.6 is 0 Å². The smallest absolute Gasteiger partial charge is 0.345 e. The van der Waals surface area contributed by atoms with Crippen molar-refractivity contribution in [3.8, 4) is 0 Å². The molecule has 0 heterocycles. The molecule has 0 spiro atoms. The number of Topliss-reactive ketones (excluding diaryl/α,β-unsaturated/α-hetero) is 1. The molecule has 0 aliphatic heterocycles. The summed E-state index contributed by atoms with van der Waals surface area (Å²) in [5.41, 5.74) is -1.13. The number of ether oxygens (including phenoxy) is 2. The van der Waals surface area contributed by atoms with Crippen molar-refractivity contribution in [1.29, 1.82) is 0 Å². The molecule has 5 nitrogen and oxygen atoms in total. The molecule has 0 aliphatic rings. The molecule has 1 atom stereocenters. The van der Waals surface area contributed by atoms with Crippen molar-refractivity contribution in [2.45, 2.75) is 46.0 Å². The minimum absolute atomic E-state index is 0.335. The molecule has 0 aromatic carbocycles. The van der Waals surface area contributed by atoms with Gasteiger partial charge in [-0.25, -0.2) is 4.79 Å². The SMILES string of the molecule is CC(OC(F)F)C(=O)/C(=C/N(C)C)C(=O)OC(C)(C)C. The molecule has 0 rings (SSSR count). The van der Waals surface area contributed by atoms with Crippen molar-refractivity contribution in [2.24, 2.45) is 0 Å². The molecule has 20 heavy (non-hydrogen) atoms. The summed E-state index contributed by atoms with van der Waals surface area (Å²) in [7, 11) is 3.19. The largest absolute Gasteiger partial charge is 0.456 e. The van der Waals surface area contributed by atoms with Crippen LogP contribution in [0.5, 0.6) is 0 Å². The molecule has 0 aliphatic carbocycles. The maximum absolute atomic E-state index is 12.1. The summed E-state index contributed by atoms with van der Waals surface area (Å²) < 4.78 is 33.4. The second-order valence-electron chi connectivity index (χ2n) is 5.41. The Bertz CT molecular complexity index is 386. The first-order chi connectivity index (χ1) is 8.94. The van der Waals surface area contributed by atoms with Gasteiger partial charge in [-0.05, 0) is 27.7 Å². The first kappa shape index (κ1) is 18.5. The zero-order valence-corrected chi connectivity index (χ0v) is 12.6. The summed E-state index contributed by atoms with van der Waals surface area (Å²) in [5.74, 6) is -1.73. The Labute approximate surface area is 117 Å². The third-order valence-corrected chi connectivity index (χ3v) is 1.95. The van der Waals surface area contributed by atoms with Gasteiger partial charge in [0.25, 0.3) is 0 Å². The lowest BCUT2D eigenvalue weighted by Gasteiger charge is -2.22. The lowest BCUT2D eigenvalue weighted by atomic mass is 10.1. The van der Waals surface area contributed by atoms with E-state index in [0.29, 0.717) is 0 Å². The predicted molar refractivity (Wildman–Crippen MR) is 69.2 cm³/mol. The highest BCUT2D eigenvalue weighted by atomic mass is 19.3.